The van der Waals surface area contributed by atoms with Gasteiger partial charge in [-0.25, -0.2) is 4.79 Å². The first-order chi connectivity index (χ1) is 6.13. The van der Waals surface area contributed by atoms with Gasteiger partial charge in [0.1, 0.15) is 6.10 Å². The molecule has 0 fully saturated rings. The molecular weight excluding hydrogens is 168 g/mol. The number of ether oxygens (including phenoxy) is 1. The van der Waals surface area contributed by atoms with Crippen LogP contribution in [0.3, 0.4) is 0 Å². The Morgan fingerprint density at radius 3 is 2.85 bits per heavy atom. The second-order valence-corrected chi connectivity index (χ2v) is 3.45. The van der Waals surface area contributed by atoms with Gasteiger partial charge >= 0.3 is 5.97 Å². The van der Waals surface area contributed by atoms with Gasteiger partial charge in [-0.15, -0.1) is 0 Å². The van der Waals surface area contributed by atoms with Crippen molar-refractivity contribution in [2.45, 2.75) is 45.3 Å². The van der Waals surface area contributed by atoms with Gasteiger partial charge in [0.15, 0.2) is 0 Å². The highest BCUT2D eigenvalue weighted by atomic mass is 16.5. The number of carbonyl (C=O) groups excluding carboxylic acids is 1. The molecule has 0 saturated carbocycles. The zero-order chi connectivity index (χ0) is 9.84. The number of aliphatic hydroxyl groups is 1. The van der Waals surface area contributed by atoms with E-state index in [1.807, 2.05) is 13.8 Å². The van der Waals surface area contributed by atoms with E-state index in [1.54, 1.807) is 6.08 Å². The third kappa shape index (κ3) is 2.84. The van der Waals surface area contributed by atoms with Crippen LogP contribution in [0.4, 0.5) is 0 Å². The maximum absolute atomic E-state index is 11.1. The normalized spacial score (nSPS) is 24.1. The molecule has 1 aliphatic heterocycles. The fourth-order valence-corrected chi connectivity index (χ4v) is 1.47. The van der Waals surface area contributed by atoms with Crippen LogP contribution < -0.4 is 0 Å². The molecule has 0 aromatic rings. The highest BCUT2D eigenvalue weighted by Crippen LogP contribution is 2.19. The monoisotopic (exact) mass is 184 g/mol. The largest absolute Gasteiger partial charge is 0.455 e. The van der Waals surface area contributed by atoms with Crippen LogP contribution in [0.2, 0.25) is 0 Å². The van der Waals surface area contributed by atoms with Gasteiger partial charge < -0.3 is 9.84 Å². The fourth-order valence-electron chi connectivity index (χ4n) is 1.47. The number of rotatable bonds is 4. The van der Waals surface area contributed by atoms with Gasteiger partial charge in [-0.3, -0.25) is 0 Å². The first-order valence-corrected chi connectivity index (χ1v) is 4.73. The molecule has 13 heavy (non-hydrogen) atoms. The van der Waals surface area contributed by atoms with E-state index in [-0.39, 0.29) is 12.1 Å². The lowest BCUT2D eigenvalue weighted by molar-refractivity contribution is -0.139. The highest BCUT2D eigenvalue weighted by Gasteiger charge is 2.23. The number of hydrogen-bond donors (Lipinski definition) is 1. The predicted molar refractivity (Wildman–Crippen MR) is 49.2 cm³/mol. The smallest absolute Gasteiger partial charge is 0.334 e. The van der Waals surface area contributed by atoms with Crippen LogP contribution in [0.5, 0.6) is 0 Å². The lowest BCUT2D eigenvalue weighted by Gasteiger charge is -2.07. The van der Waals surface area contributed by atoms with Gasteiger partial charge in [-0.2, -0.15) is 0 Å². The van der Waals surface area contributed by atoms with Gasteiger partial charge in [0.05, 0.1) is 6.10 Å². The summed E-state index contributed by atoms with van der Waals surface area (Å²) >= 11 is 0. The van der Waals surface area contributed by atoms with Crippen molar-refractivity contribution in [2.75, 3.05) is 0 Å². The first-order valence-electron chi connectivity index (χ1n) is 4.73. The number of cyclic esters (lactones) is 1. The van der Waals surface area contributed by atoms with Crippen molar-refractivity contribution >= 4 is 5.97 Å². The van der Waals surface area contributed by atoms with E-state index in [4.69, 9.17) is 4.74 Å². The minimum absolute atomic E-state index is 0.128. The number of esters is 1. The molecule has 3 nitrogen and oxygen atoms in total. The van der Waals surface area contributed by atoms with E-state index in [1.165, 1.54) is 0 Å². The summed E-state index contributed by atoms with van der Waals surface area (Å²) in [7, 11) is 0. The Balaban J connectivity index is 2.44. The fraction of sp³-hybridized carbons (Fsp3) is 0.700. The molecule has 0 radical (unpaired) electrons. The van der Waals surface area contributed by atoms with Crippen LogP contribution in [0.25, 0.3) is 0 Å². The topological polar surface area (TPSA) is 46.5 Å². The maximum atomic E-state index is 11.1. The van der Waals surface area contributed by atoms with Crippen LogP contribution in [-0.4, -0.2) is 23.3 Å². The summed E-state index contributed by atoms with van der Waals surface area (Å²) in [6.45, 7) is 3.82. The van der Waals surface area contributed by atoms with Crippen molar-refractivity contribution in [1.29, 1.82) is 0 Å². The minimum Gasteiger partial charge on any atom is -0.455 e. The molecule has 1 N–H and O–H groups in total. The molecule has 0 saturated heterocycles. The third-order valence-corrected chi connectivity index (χ3v) is 2.07. The molecule has 1 aliphatic rings. The van der Waals surface area contributed by atoms with Crippen molar-refractivity contribution in [3.8, 4) is 0 Å². The van der Waals surface area contributed by atoms with Crippen LogP contribution in [0.1, 0.15) is 33.1 Å². The van der Waals surface area contributed by atoms with E-state index < -0.39 is 6.10 Å². The molecule has 0 bridgehead atoms. The molecule has 3 heteroatoms. The standard InChI is InChI=1S/C10H16O3/c1-3-4-9(11)6-8-5-7(2)13-10(8)12/h5,7,9,11H,3-4,6H2,1-2H3. The average Bonchev–Trinajstić information content (AvgIpc) is 2.30. The molecule has 74 valence electrons. The Labute approximate surface area is 78.4 Å². The second kappa shape index (κ2) is 4.42. The van der Waals surface area contributed by atoms with E-state index in [0.717, 1.165) is 12.8 Å². The number of aliphatic hydroxyl groups excluding tert-OH is 1. The minimum atomic E-state index is -0.408. The van der Waals surface area contributed by atoms with Crippen molar-refractivity contribution < 1.29 is 14.6 Å². The SMILES string of the molecule is CCCC(O)CC1=CC(C)OC1=O. The molecule has 2 unspecified atom stereocenters. The van der Waals surface area contributed by atoms with Gasteiger partial charge in [0, 0.05) is 12.0 Å². The van der Waals surface area contributed by atoms with Crippen LogP contribution in [0.15, 0.2) is 11.6 Å². The zero-order valence-electron chi connectivity index (χ0n) is 8.12. The zero-order valence-corrected chi connectivity index (χ0v) is 8.12. The Morgan fingerprint density at radius 2 is 2.38 bits per heavy atom. The van der Waals surface area contributed by atoms with E-state index in [0.29, 0.717) is 12.0 Å². The third-order valence-electron chi connectivity index (χ3n) is 2.07. The van der Waals surface area contributed by atoms with Crippen LogP contribution >= 0.6 is 0 Å². The van der Waals surface area contributed by atoms with Crippen molar-refractivity contribution in [1.82, 2.24) is 0 Å². The number of carbonyl (C=O) groups is 1. The summed E-state index contributed by atoms with van der Waals surface area (Å²) in [4.78, 5) is 11.1. The van der Waals surface area contributed by atoms with Gasteiger partial charge in [-0.1, -0.05) is 13.3 Å². The lowest BCUT2D eigenvalue weighted by atomic mass is 10.1. The van der Waals surface area contributed by atoms with Crippen molar-refractivity contribution in [3.63, 3.8) is 0 Å². The molecule has 0 amide bonds. The number of hydrogen-bond acceptors (Lipinski definition) is 3. The maximum Gasteiger partial charge on any atom is 0.334 e. The first kappa shape index (κ1) is 10.3. The van der Waals surface area contributed by atoms with Crippen molar-refractivity contribution in [2.24, 2.45) is 0 Å². The predicted octanol–water partition coefficient (Wildman–Crippen LogP) is 1.41. The van der Waals surface area contributed by atoms with E-state index in [9.17, 15) is 9.90 Å². The summed E-state index contributed by atoms with van der Waals surface area (Å²) < 4.78 is 4.91. The van der Waals surface area contributed by atoms with E-state index in [2.05, 4.69) is 0 Å². The van der Waals surface area contributed by atoms with Gasteiger partial charge in [0.25, 0.3) is 0 Å². The van der Waals surface area contributed by atoms with Gasteiger partial charge in [0.2, 0.25) is 0 Å². The highest BCUT2D eigenvalue weighted by molar-refractivity contribution is 5.90. The summed E-state index contributed by atoms with van der Waals surface area (Å²) in [5.74, 6) is -0.275. The summed E-state index contributed by atoms with van der Waals surface area (Å²) in [5.41, 5.74) is 0.619. The van der Waals surface area contributed by atoms with Crippen molar-refractivity contribution in [3.05, 3.63) is 11.6 Å². The molecule has 1 heterocycles. The molecule has 1 rings (SSSR count). The average molecular weight is 184 g/mol. The molecule has 0 aromatic carbocycles. The summed E-state index contributed by atoms with van der Waals surface area (Å²) in [6, 6.07) is 0. The summed E-state index contributed by atoms with van der Waals surface area (Å²) in [5, 5.41) is 9.47. The molecule has 2 atom stereocenters. The van der Waals surface area contributed by atoms with Crippen LogP contribution in [-0.2, 0) is 9.53 Å². The molecule has 0 aromatic heterocycles. The molecule has 0 spiro atoms. The second-order valence-electron chi connectivity index (χ2n) is 3.45. The van der Waals surface area contributed by atoms with E-state index >= 15 is 0 Å². The summed E-state index contributed by atoms with van der Waals surface area (Å²) in [6.07, 6.45) is 3.33. The molecular formula is C10H16O3. The lowest BCUT2D eigenvalue weighted by Crippen LogP contribution is -2.11. The quantitative estimate of drug-likeness (QED) is 0.672. The Kier molecular flexibility index (Phi) is 3.48. The van der Waals surface area contributed by atoms with Crippen LogP contribution in [0, 0.1) is 0 Å². The Hall–Kier alpha value is -0.830. The Morgan fingerprint density at radius 1 is 1.69 bits per heavy atom. The molecule has 0 aliphatic carbocycles. The Bertz CT molecular complexity index is 220. The van der Waals surface area contributed by atoms with Gasteiger partial charge in [-0.05, 0) is 19.4 Å².